The Morgan fingerprint density at radius 3 is 3.14 bits per heavy atom. The summed E-state index contributed by atoms with van der Waals surface area (Å²) < 4.78 is 0. The van der Waals surface area contributed by atoms with E-state index in [-0.39, 0.29) is 0 Å². The number of hydrogen-bond acceptors (Lipinski definition) is 1. The van der Waals surface area contributed by atoms with Crippen LogP contribution in [0.25, 0.3) is 6.08 Å². The van der Waals surface area contributed by atoms with Crippen LogP contribution in [0, 0.1) is 0 Å². The number of nitrogens with one attached hydrogen (secondary N) is 1. The highest BCUT2D eigenvalue weighted by atomic mass is 14.9. The normalized spacial score (nSPS) is 13.8. The Hall–Kier alpha value is -1.24. The van der Waals surface area contributed by atoms with Gasteiger partial charge in [-0.3, -0.25) is 0 Å². The lowest BCUT2D eigenvalue weighted by molar-refractivity contribution is 0.951. The average Bonchev–Trinajstić information content (AvgIpc) is 2.26. The predicted molar refractivity (Wildman–Crippen MR) is 62.6 cm³/mol. The molecule has 74 valence electrons. The standard InChI is InChI=1S/C13H17N/c1-2-10-14-13-9-5-7-11-6-3-4-8-12(11)13/h3,5-7,9,14H,2,4,8,10H2,1H3. The van der Waals surface area contributed by atoms with Crippen molar-refractivity contribution in [1.82, 2.24) is 0 Å². The largest absolute Gasteiger partial charge is 0.385 e. The molecule has 1 aliphatic carbocycles. The Labute approximate surface area is 85.8 Å². The predicted octanol–water partition coefficient (Wildman–Crippen LogP) is 3.47. The third-order valence-corrected chi connectivity index (χ3v) is 2.64. The van der Waals surface area contributed by atoms with Gasteiger partial charge in [-0.05, 0) is 36.5 Å². The summed E-state index contributed by atoms with van der Waals surface area (Å²) in [6.07, 6.45) is 8.03. The topological polar surface area (TPSA) is 12.0 Å². The third-order valence-electron chi connectivity index (χ3n) is 2.64. The van der Waals surface area contributed by atoms with Crippen LogP contribution in [-0.2, 0) is 6.42 Å². The molecule has 0 amide bonds. The summed E-state index contributed by atoms with van der Waals surface area (Å²) in [5, 5.41) is 3.49. The lowest BCUT2D eigenvalue weighted by Crippen LogP contribution is -2.05. The first-order chi connectivity index (χ1) is 6.92. The summed E-state index contributed by atoms with van der Waals surface area (Å²) in [5.74, 6) is 0. The summed E-state index contributed by atoms with van der Waals surface area (Å²) in [6.45, 7) is 3.27. The first-order valence-electron chi connectivity index (χ1n) is 5.44. The summed E-state index contributed by atoms with van der Waals surface area (Å²) >= 11 is 0. The Morgan fingerprint density at radius 1 is 1.36 bits per heavy atom. The fourth-order valence-corrected chi connectivity index (χ4v) is 1.90. The van der Waals surface area contributed by atoms with Crippen molar-refractivity contribution in [3.05, 3.63) is 35.4 Å². The van der Waals surface area contributed by atoms with Crippen LogP contribution in [0.1, 0.15) is 30.9 Å². The Balaban J connectivity index is 2.27. The summed E-state index contributed by atoms with van der Waals surface area (Å²) in [4.78, 5) is 0. The van der Waals surface area contributed by atoms with Crippen LogP contribution in [0.5, 0.6) is 0 Å². The second-order valence-electron chi connectivity index (χ2n) is 3.74. The fourth-order valence-electron chi connectivity index (χ4n) is 1.90. The maximum absolute atomic E-state index is 3.49. The van der Waals surface area contributed by atoms with Crippen molar-refractivity contribution >= 4 is 11.8 Å². The van der Waals surface area contributed by atoms with Gasteiger partial charge in [-0.25, -0.2) is 0 Å². The van der Waals surface area contributed by atoms with Gasteiger partial charge in [-0.2, -0.15) is 0 Å². The number of fused-ring (bicyclic) bond motifs is 1. The molecule has 0 aliphatic heterocycles. The molecule has 0 saturated carbocycles. The fraction of sp³-hybridized carbons (Fsp3) is 0.385. The van der Waals surface area contributed by atoms with Crippen LogP contribution < -0.4 is 5.32 Å². The first-order valence-corrected chi connectivity index (χ1v) is 5.44. The number of benzene rings is 1. The van der Waals surface area contributed by atoms with E-state index in [1.807, 2.05) is 0 Å². The SMILES string of the molecule is CCCNc1cccc2c1CCC=C2. The van der Waals surface area contributed by atoms with Crippen molar-refractivity contribution in [2.24, 2.45) is 0 Å². The number of rotatable bonds is 3. The molecule has 1 N–H and O–H groups in total. The monoisotopic (exact) mass is 187 g/mol. The molecule has 0 atom stereocenters. The van der Waals surface area contributed by atoms with Crippen LogP contribution >= 0.6 is 0 Å². The van der Waals surface area contributed by atoms with Crippen molar-refractivity contribution < 1.29 is 0 Å². The molecule has 1 aromatic rings. The Bertz CT molecular complexity index is 339. The second kappa shape index (κ2) is 4.32. The van der Waals surface area contributed by atoms with E-state index in [9.17, 15) is 0 Å². The Morgan fingerprint density at radius 2 is 2.29 bits per heavy atom. The van der Waals surface area contributed by atoms with Gasteiger partial charge >= 0.3 is 0 Å². The minimum Gasteiger partial charge on any atom is -0.385 e. The smallest absolute Gasteiger partial charge is 0.0378 e. The van der Waals surface area contributed by atoms with E-state index in [2.05, 4.69) is 42.6 Å². The molecule has 0 spiro atoms. The molecule has 0 radical (unpaired) electrons. The quantitative estimate of drug-likeness (QED) is 0.764. The molecule has 0 saturated heterocycles. The molecule has 1 heteroatoms. The van der Waals surface area contributed by atoms with Gasteiger partial charge in [-0.1, -0.05) is 31.2 Å². The van der Waals surface area contributed by atoms with Crippen LogP contribution in [0.3, 0.4) is 0 Å². The van der Waals surface area contributed by atoms with Crippen LogP contribution in [0.4, 0.5) is 5.69 Å². The lowest BCUT2D eigenvalue weighted by Gasteiger charge is -2.16. The first kappa shape index (κ1) is 9.32. The highest BCUT2D eigenvalue weighted by Crippen LogP contribution is 2.26. The molecule has 0 unspecified atom stereocenters. The zero-order valence-electron chi connectivity index (χ0n) is 8.72. The molecule has 1 aromatic carbocycles. The highest BCUT2D eigenvalue weighted by molar-refractivity contribution is 5.66. The van der Waals surface area contributed by atoms with Gasteiger partial charge in [0.15, 0.2) is 0 Å². The van der Waals surface area contributed by atoms with Gasteiger partial charge in [0.2, 0.25) is 0 Å². The van der Waals surface area contributed by atoms with E-state index in [0.717, 1.165) is 6.54 Å². The molecule has 0 fully saturated rings. The van der Waals surface area contributed by atoms with E-state index < -0.39 is 0 Å². The van der Waals surface area contributed by atoms with Crippen molar-refractivity contribution in [2.45, 2.75) is 26.2 Å². The lowest BCUT2D eigenvalue weighted by atomic mass is 9.96. The highest BCUT2D eigenvalue weighted by Gasteiger charge is 2.07. The zero-order valence-corrected chi connectivity index (χ0v) is 8.72. The molecule has 1 nitrogen and oxygen atoms in total. The van der Waals surface area contributed by atoms with Crippen molar-refractivity contribution in [3.8, 4) is 0 Å². The van der Waals surface area contributed by atoms with E-state index in [1.165, 1.54) is 36.1 Å². The van der Waals surface area contributed by atoms with Crippen molar-refractivity contribution in [2.75, 3.05) is 11.9 Å². The number of allylic oxidation sites excluding steroid dienone is 1. The van der Waals surface area contributed by atoms with Gasteiger partial charge in [0.1, 0.15) is 0 Å². The van der Waals surface area contributed by atoms with E-state index in [1.54, 1.807) is 0 Å². The molecule has 14 heavy (non-hydrogen) atoms. The second-order valence-corrected chi connectivity index (χ2v) is 3.74. The van der Waals surface area contributed by atoms with Gasteiger partial charge in [0, 0.05) is 12.2 Å². The van der Waals surface area contributed by atoms with E-state index >= 15 is 0 Å². The van der Waals surface area contributed by atoms with E-state index in [4.69, 9.17) is 0 Å². The Kier molecular flexibility index (Phi) is 2.87. The maximum atomic E-state index is 3.49. The summed E-state index contributed by atoms with van der Waals surface area (Å²) in [6, 6.07) is 6.52. The molecular weight excluding hydrogens is 170 g/mol. The maximum Gasteiger partial charge on any atom is 0.0378 e. The minimum absolute atomic E-state index is 1.07. The molecular formula is C13H17N. The molecule has 1 aliphatic rings. The zero-order chi connectivity index (χ0) is 9.80. The minimum atomic E-state index is 1.07. The van der Waals surface area contributed by atoms with Gasteiger partial charge in [0.05, 0.1) is 0 Å². The number of anilines is 1. The third kappa shape index (κ3) is 1.82. The van der Waals surface area contributed by atoms with Crippen molar-refractivity contribution in [1.29, 1.82) is 0 Å². The molecule has 0 bridgehead atoms. The van der Waals surface area contributed by atoms with Crippen LogP contribution in [0.15, 0.2) is 24.3 Å². The molecule has 0 heterocycles. The molecule has 2 rings (SSSR count). The van der Waals surface area contributed by atoms with Gasteiger partial charge in [-0.15, -0.1) is 0 Å². The van der Waals surface area contributed by atoms with Crippen LogP contribution in [0.2, 0.25) is 0 Å². The molecule has 0 aromatic heterocycles. The van der Waals surface area contributed by atoms with Gasteiger partial charge < -0.3 is 5.32 Å². The average molecular weight is 187 g/mol. The van der Waals surface area contributed by atoms with E-state index in [0.29, 0.717) is 0 Å². The van der Waals surface area contributed by atoms with Crippen LogP contribution in [-0.4, -0.2) is 6.54 Å². The van der Waals surface area contributed by atoms with Crippen molar-refractivity contribution in [3.63, 3.8) is 0 Å². The summed E-state index contributed by atoms with van der Waals surface area (Å²) in [5.41, 5.74) is 4.20. The number of hydrogen-bond donors (Lipinski definition) is 1. The summed E-state index contributed by atoms with van der Waals surface area (Å²) in [7, 11) is 0. The van der Waals surface area contributed by atoms with Gasteiger partial charge in [0.25, 0.3) is 0 Å².